The molecule has 0 saturated carbocycles. The number of aromatic nitrogens is 4. The summed E-state index contributed by atoms with van der Waals surface area (Å²) in [5, 5.41) is 14.1. The topological polar surface area (TPSA) is 93.0 Å². The number of amides is 2. The SMILES string of the molecule is Cc1ccc(-n2cnnn2)c(CNC(=O)C2C[C@@H](F)CN2C(=O)CC(C)(C)C)c1. The van der Waals surface area contributed by atoms with E-state index in [1.807, 2.05) is 45.9 Å². The molecule has 0 aliphatic carbocycles. The van der Waals surface area contributed by atoms with Gasteiger partial charge in [0.25, 0.3) is 0 Å². The van der Waals surface area contributed by atoms with Crippen LogP contribution in [0.5, 0.6) is 0 Å². The molecule has 1 aromatic heterocycles. The third-order valence-corrected chi connectivity index (χ3v) is 4.84. The van der Waals surface area contributed by atoms with Crippen LogP contribution in [0.1, 0.15) is 44.7 Å². The lowest BCUT2D eigenvalue weighted by Gasteiger charge is -2.27. The van der Waals surface area contributed by atoms with Crippen molar-refractivity contribution in [1.29, 1.82) is 0 Å². The van der Waals surface area contributed by atoms with Crippen LogP contribution in [-0.2, 0) is 16.1 Å². The van der Waals surface area contributed by atoms with E-state index >= 15 is 0 Å². The molecule has 9 heteroatoms. The van der Waals surface area contributed by atoms with Gasteiger partial charge in [-0.05, 0) is 34.4 Å². The predicted molar refractivity (Wildman–Crippen MR) is 105 cm³/mol. The molecule has 0 bridgehead atoms. The predicted octanol–water partition coefficient (Wildman–Crippen LogP) is 1.96. The van der Waals surface area contributed by atoms with Crippen molar-refractivity contribution in [3.8, 4) is 5.69 Å². The van der Waals surface area contributed by atoms with Gasteiger partial charge in [0, 0.05) is 19.4 Å². The highest BCUT2D eigenvalue weighted by Crippen LogP contribution is 2.26. The number of nitrogens with zero attached hydrogens (tertiary/aromatic N) is 5. The number of benzene rings is 1. The molecule has 0 spiro atoms. The van der Waals surface area contributed by atoms with Gasteiger partial charge in [-0.2, -0.15) is 0 Å². The fraction of sp³-hybridized carbons (Fsp3) is 0.550. The van der Waals surface area contributed by atoms with Crippen molar-refractivity contribution in [1.82, 2.24) is 30.4 Å². The van der Waals surface area contributed by atoms with Gasteiger partial charge in [-0.15, -0.1) is 5.10 Å². The van der Waals surface area contributed by atoms with Crippen molar-refractivity contribution in [2.24, 2.45) is 5.41 Å². The Bertz CT molecular complexity index is 878. The Labute approximate surface area is 169 Å². The monoisotopic (exact) mass is 402 g/mol. The highest BCUT2D eigenvalue weighted by Gasteiger charge is 2.40. The summed E-state index contributed by atoms with van der Waals surface area (Å²) in [6.45, 7) is 7.98. The van der Waals surface area contributed by atoms with E-state index in [1.54, 1.807) is 0 Å². The van der Waals surface area contributed by atoms with E-state index in [4.69, 9.17) is 0 Å². The molecule has 1 saturated heterocycles. The zero-order valence-corrected chi connectivity index (χ0v) is 17.2. The summed E-state index contributed by atoms with van der Waals surface area (Å²) in [4.78, 5) is 26.8. The van der Waals surface area contributed by atoms with Gasteiger partial charge in [0.15, 0.2) is 0 Å². The minimum Gasteiger partial charge on any atom is -0.350 e. The lowest BCUT2D eigenvalue weighted by molar-refractivity contribution is -0.139. The first-order valence-corrected chi connectivity index (χ1v) is 9.68. The van der Waals surface area contributed by atoms with Gasteiger partial charge in [0.2, 0.25) is 11.8 Å². The number of aryl methyl sites for hydroxylation is 1. The molecule has 3 rings (SSSR count). The second kappa shape index (κ2) is 8.26. The minimum absolute atomic E-state index is 0.0232. The van der Waals surface area contributed by atoms with Crippen molar-refractivity contribution in [3.05, 3.63) is 35.7 Å². The third kappa shape index (κ3) is 5.16. The number of halogens is 1. The summed E-state index contributed by atoms with van der Waals surface area (Å²) in [6.07, 6.45) is 0.582. The van der Waals surface area contributed by atoms with E-state index in [0.717, 1.165) is 16.8 Å². The van der Waals surface area contributed by atoms with Gasteiger partial charge in [0.05, 0.1) is 12.2 Å². The van der Waals surface area contributed by atoms with Crippen molar-refractivity contribution < 1.29 is 14.0 Å². The highest BCUT2D eigenvalue weighted by atomic mass is 19.1. The van der Waals surface area contributed by atoms with E-state index in [2.05, 4.69) is 20.8 Å². The Hall–Kier alpha value is -2.84. The number of nitrogens with one attached hydrogen (secondary N) is 1. The number of hydrogen-bond acceptors (Lipinski definition) is 5. The number of likely N-dealkylation sites (tertiary alicyclic amines) is 1. The van der Waals surface area contributed by atoms with Gasteiger partial charge in [-0.3, -0.25) is 9.59 Å². The van der Waals surface area contributed by atoms with Crippen LogP contribution in [0.2, 0.25) is 0 Å². The first-order chi connectivity index (χ1) is 13.6. The van der Waals surface area contributed by atoms with E-state index in [0.29, 0.717) is 0 Å². The van der Waals surface area contributed by atoms with Gasteiger partial charge >= 0.3 is 0 Å². The fourth-order valence-electron chi connectivity index (χ4n) is 3.52. The second-order valence-electron chi connectivity index (χ2n) is 8.74. The first kappa shape index (κ1) is 20.9. The standard InChI is InChI=1S/C20H27FN6O2/c1-13-5-6-16(27-12-23-24-25-27)14(7-13)10-22-19(29)17-8-15(21)11-26(17)18(28)9-20(2,3)4/h5-7,12,15,17H,8-11H2,1-4H3,(H,22,29)/t15-,17?/m1/s1. The third-order valence-electron chi connectivity index (χ3n) is 4.84. The Morgan fingerprint density at radius 3 is 2.72 bits per heavy atom. The molecule has 1 fully saturated rings. The molecule has 2 atom stereocenters. The molecule has 1 aromatic carbocycles. The quantitative estimate of drug-likeness (QED) is 0.825. The van der Waals surface area contributed by atoms with Gasteiger partial charge in [-0.25, -0.2) is 9.07 Å². The van der Waals surface area contributed by atoms with Crippen LogP contribution in [0.4, 0.5) is 4.39 Å². The molecular formula is C20H27FN6O2. The van der Waals surface area contributed by atoms with Crippen LogP contribution < -0.4 is 5.32 Å². The lowest BCUT2D eigenvalue weighted by Crippen LogP contribution is -2.46. The van der Waals surface area contributed by atoms with Gasteiger partial charge in [0.1, 0.15) is 18.5 Å². The van der Waals surface area contributed by atoms with Crippen LogP contribution in [0.3, 0.4) is 0 Å². The molecule has 2 aromatic rings. The first-order valence-electron chi connectivity index (χ1n) is 9.68. The van der Waals surface area contributed by atoms with Crippen molar-refractivity contribution in [3.63, 3.8) is 0 Å². The van der Waals surface area contributed by atoms with Crippen LogP contribution >= 0.6 is 0 Å². The average molecular weight is 402 g/mol. The smallest absolute Gasteiger partial charge is 0.243 e. The lowest BCUT2D eigenvalue weighted by atomic mass is 9.91. The maximum absolute atomic E-state index is 14.0. The number of carbonyl (C=O) groups excluding carboxylic acids is 2. The van der Waals surface area contributed by atoms with Gasteiger partial charge in [-0.1, -0.05) is 38.5 Å². The largest absolute Gasteiger partial charge is 0.350 e. The Balaban J connectivity index is 1.72. The molecule has 2 amide bonds. The molecule has 1 aliphatic rings. The Morgan fingerprint density at radius 1 is 1.31 bits per heavy atom. The molecule has 1 unspecified atom stereocenters. The summed E-state index contributed by atoms with van der Waals surface area (Å²) >= 11 is 0. The highest BCUT2D eigenvalue weighted by molar-refractivity contribution is 5.88. The Morgan fingerprint density at radius 2 is 2.07 bits per heavy atom. The zero-order valence-electron chi connectivity index (χ0n) is 17.2. The number of carbonyl (C=O) groups is 2. The second-order valence-corrected chi connectivity index (χ2v) is 8.74. The zero-order chi connectivity index (χ0) is 21.2. The molecule has 1 aliphatic heterocycles. The van der Waals surface area contributed by atoms with E-state index in [9.17, 15) is 14.0 Å². The van der Waals surface area contributed by atoms with E-state index in [1.165, 1.54) is 15.9 Å². The summed E-state index contributed by atoms with van der Waals surface area (Å²) in [6, 6.07) is 4.95. The van der Waals surface area contributed by atoms with Crippen LogP contribution in [0.25, 0.3) is 5.69 Å². The Kier molecular flexibility index (Phi) is 5.95. The molecule has 1 N–H and O–H groups in total. The number of tetrazole rings is 1. The van der Waals surface area contributed by atoms with E-state index in [-0.39, 0.29) is 43.2 Å². The van der Waals surface area contributed by atoms with E-state index < -0.39 is 12.2 Å². The van der Waals surface area contributed by atoms with Crippen molar-refractivity contribution >= 4 is 11.8 Å². The summed E-state index contributed by atoms with van der Waals surface area (Å²) < 4.78 is 15.6. The number of hydrogen-bond donors (Lipinski definition) is 1. The summed E-state index contributed by atoms with van der Waals surface area (Å²) in [5.74, 6) is -0.542. The fourth-order valence-corrected chi connectivity index (χ4v) is 3.52. The van der Waals surface area contributed by atoms with Crippen LogP contribution in [-0.4, -0.2) is 55.7 Å². The molecule has 0 radical (unpaired) electrons. The molecule has 156 valence electrons. The molecular weight excluding hydrogens is 375 g/mol. The summed E-state index contributed by atoms with van der Waals surface area (Å²) in [5.41, 5.74) is 2.37. The normalized spacial score (nSPS) is 19.4. The van der Waals surface area contributed by atoms with Gasteiger partial charge < -0.3 is 10.2 Å². The van der Waals surface area contributed by atoms with Crippen molar-refractivity contribution in [2.75, 3.05) is 6.54 Å². The number of alkyl halides is 1. The minimum atomic E-state index is -1.19. The van der Waals surface area contributed by atoms with Crippen molar-refractivity contribution in [2.45, 2.75) is 59.3 Å². The summed E-state index contributed by atoms with van der Waals surface area (Å²) in [7, 11) is 0. The maximum Gasteiger partial charge on any atom is 0.243 e. The molecule has 8 nitrogen and oxygen atoms in total. The van der Waals surface area contributed by atoms with Crippen LogP contribution in [0.15, 0.2) is 24.5 Å². The molecule has 2 heterocycles. The average Bonchev–Trinajstić information content (AvgIpc) is 3.28. The maximum atomic E-state index is 14.0. The van der Waals surface area contributed by atoms with Crippen LogP contribution in [0, 0.1) is 12.3 Å². The molecule has 29 heavy (non-hydrogen) atoms. The number of rotatable bonds is 5.